The summed E-state index contributed by atoms with van der Waals surface area (Å²) in [5, 5.41) is 6.63. The second-order valence-electron chi connectivity index (χ2n) is 6.29. The first-order valence-electron chi connectivity index (χ1n) is 8.63. The van der Waals surface area contributed by atoms with Gasteiger partial charge in [-0.15, -0.1) is 24.0 Å². The minimum absolute atomic E-state index is 0. The molecule has 1 aromatic carbocycles. The SMILES string of the molecule is CN=C(NCCN1C(=O)c2ccccc2C1=O)NC1CCCCC1.I. The summed E-state index contributed by atoms with van der Waals surface area (Å²) in [4.78, 5) is 30.1. The molecule has 2 N–H and O–H groups in total. The number of imide groups is 1. The Balaban J connectivity index is 0.00000225. The van der Waals surface area contributed by atoms with Crippen molar-refractivity contribution in [2.45, 2.75) is 38.1 Å². The Morgan fingerprint density at radius 2 is 1.72 bits per heavy atom. The van der Waals surface area contributed by atoms with Crippen molar-refractivity contribution in [3.8, 4) is 0 Å². The number of fused-ring (bicyclic) bond motifs is 1. The summed E-state index contributed by atoms with van der Waals surface area (Å²) in [5.41, 5.74) is 0.986. The number of amides is 2. The van der Waals surface area contributed by atoms with Gasteiger partial charge in [-0.05, 0) is 25.0 Å². The summed E-state index contributed by atoms with van der Waals surface area (Å²) >= 11 is 0. The van der Waals surface area contributed by atoms with Crippen molar-refractivity contribution < 1.29 is 9.59 Å². The van der Waals surface area contributed by atoms with Crippen LogP contribution in [-0.2, 0) is 0 Å². The average Bonchev–Trinajstić information content (AvgIpc) is 2.87. The Morgan fingerprint density at radius 3 is 2.28 bits per heavy atom. The third-order valence-electron chi connectivity index (χ3n) is 4.68. The summed E-state index contributed by atoms with van der Waals surface area (Å²) in [5.74, 6) is 0.304. The highest BCUT2D eigenvalue weighted by Crippen LogP contribution is 2.21. The van der Waals surface area contributed by atoms with E-state index in [-0.39, 0.29) is 35.8 Å². The van der Waals surface area contributed by atoms with Gasteiger partial charge in [-0.2, -0.15) is 0 Å². The lowest BCUT2D eigenvalue weighted by Gasteiger charge is -2.25. The van der Waals surface area contributed by atoms with Gasteiger partial charge in [0.05, 0.1) is 11.1 Å². The molecule has 136 valence electrons. The Labute approximate surface area is 165 Å². The smallest absolute Gasteiger partial charge is 0.261 e. The van der Waals surface area contributed by atoms with E-state index in [1.807, 2.05) is 0 Å². The summed E-state index contributed by atoms with van der Waals surface area (Å²) in [7, 11) is 1.74. The summed E-state index contributed by atoms with van der Waals surface area (Å²) < 4.78 is 0. The molecule has 0 unspecified atom stereocenters. The number of hydrogen-bond acceptors (Lipinski definition) is 3. The van der Waals surface area contributed by atoms with Crippen molar-refractivity contribution in [2.75, 3.05) is 20.1 Å². The van der Waals surface area contributed by atoms with E-state index in [2.05, 4.69) is 15.6 Å². The number of benzene rings is 1. The number of carbonyl (C=O) groups is 2. The van der Waals surface area contributed by atoms with Crippen molar-refractivity contribution in [1.82, 2.24) is 15.5 Å². The molecule has 1 fully saturated rings. The molecule has 0 atom stereocenters. The Bertz CT molecular complexity index is 621. The zero-order chi connectivity index (χ0) is 16.9. The van der Waals surface area contributed by atoms with Gasteiger partial charge in [0.25, 0.3) is 11.8 Å². The van der Waals surface area contributed by atoms with E-state index in [0.717, 1.165) is 5.96 Å². The molecule has 2 aliphatic rings. The molecule has 1 aliphatic heterocycles. The van der Waals surface area contributed by atoms with Crippen molar-refractivity contribution >= 4 is 41.8 Å². The fourth-order valence-electron chi connectivity index (χ4n) is 3.36. The maximum atomic E-state index is 12.3. The maximum absolute atomic E-state index is 12.3. The third-order valence-corrected chi connectivity index (χ3v) is 4.68. The number of hydrogen-bond donors (Lipinski definition) is 2. The van der Waals surface area contributed by atoms with Gasteiger partial charge in [0.1, 0.15) is 0 Å². The van der Waals surface area contributed by atoms with Gasteiger partial charge >= 0.3 is 0 Å². The normalized spacial score (nSPS) is 18.0. The standard InChI is InChI=1S/C18H24N4O2.HI/c1-19-18(21-13-7-3-2-4-8-13)20-11-12-22-16(23)14-9-5-6-10-15(14)17(22)24;/h5-6,9-10,13H,2-4,7-8,11-12H2,1H3,(H2,19,20,21);1H. The van der Waals surface area contributed by atoms with Crippen LogP contribution in [0.15, 0.2) is 29.3 Å². The molecule has 1 aromatic rings. The molecule has 1 saturated carbocycles. The fraction of sp³-hybridized carbons (Fsp3) is 0.500. The minimum Gasteiger partial charge on any atom is -0.355 e. The molecule has 6 nitrogen and oxygen atoms in total. The van der Waals surface area contributed by atoms with Crippen molar-refractivity contribution in [3.63, 3.8) is 0 Å². The molecule has 1 heterocycles. The van der Waals surface area contributed by atoms with Crippen LogP contribution in [0.1, 0.15) is 52.8 Å². The topological polar surface area (TPSA) is 73.8 Å². The van der Waals surface area contributed by atoms with Gasteiger partial charge in [-0.3, -0.25) is 19.5 Å². The summed E-state index contributed by atoms with van der Waals surface area (Å²) in [6.07, 6.45) is 6.15. The van der Waals surface area contributed by atoms with Gasteiger partial charge in [-0.1, -0.05) is 31.4 Å². The maximum Gasteiger partial charge on any atom is 0.261 e. The predicted molar refractivity (Wildman–Crippen MR) is 109 cm³/mol. The van der Waals surface area contributed by atoms with Crippen LogP contribution in [0.3, 0.4) is 0 Å². The van der Waals surface area contributed by atoms with Crippen LogP contribution in [-0.4, -0.2) is 48.9 Å². The number of aliphatic imine (C=N–C) groups is 1. The van der Waals surface area contributed by atoms with Crippen LogP contribution in [0.2, 0.25) is 0 Å². The molecule has 25 heavy (non-hydrogen) atoms. The lowest BCUT2D eigenvalue weighted by molar-refractivity contribution is 0.0657. The molecule has 7 heteroatoms. The zero-order valence-corrected chi connectivity index (χ0v) is 16.8. The first-order valence-corrected chi connectivity index (χ1v) is 8.63. The van der Waals surface area contributed by atoms with Crippen LogP contribution in [0, 0.1) is 0 Å². The Kier molecular flexibility index (Phi) is 7.22. The molecule has 1 aliphatic carbocycles. The first kappa shape index (κ1) is 19.7. The minimum atomic E-state index is -0.215. The highest BCUT2D eigenvalue weighted by Gasteiger charge is 2.34. The van der Waals surface area contributed by atoms with Gasteiger partial charge in [0, 0.05) is 26.2 Å². The van der Waals surface area contributed by atoms with Gasteiger partial charge in [0.15, 0.2) is 5.96 Å². The highest BCUT2D eigenvalue weighted by molar-refractivity contribution is 14.0. The first-order chi connectivity index (χ1) is 11.7. The molecule has 0 radical (unpaired) electrons. The second kappa shape index (κ2) is 9.17. The summed E-state index contributed by atoms with van der Waals surface area (Å²) in [6, 6.07) is 7.42. The van der Waals surface area contributed by atoms with Crippen LogP contribution in [0.5, 0.6) is 0 Å². The zero-order valence-electron chi connectivity index (χ0n) is 14.5. The number of carbonyl (C=O) groups excluding carboxylic acids is 2. The van der Waals surface area contributed by atoms with Crippen molar-refractivity contribution in [1.29, 1.82) is 0 Å². The van der Waals surface area contributed by atoms with Crippen LogP contribution in [0.25, 0.3) is 0 Å². The third kappa shape index (κ3) is 4.50. The van der Waals surface area contributed by atoms with Crippen LogP contribution >= 0.6 is 24.0 Å². The molecule has 3 rings (SSSR count). The van der Waals surface area contributed by atoms with Gasteiger partial charge in [-0.25, -0.2) is 0 Å². The van der Waals surface area contributed by atoms with Crippen LogP contribution in [0.4, 0.5) is 0 Å². The fourth-order valence-corrected chi connectivity index (χ4v) is 3.36. The second-order valence-corrected chi connectivity index (χ2v) is 6.29. The molecular weight excluding hydrogens is 431 g/mol. The number of halogens is 1. The van der Waals surface area contributed by atoms with Crippen molar-refractivity contribution in [2.24, 2.45) is 4.99 Å². The lowest BCUT2D eigenvalue weighted by atomic mass is 9.96. The van der Waals surface area contributed by atoms with E-state index in [9.17, 15) is 9.59 Å². The average molecular weight is 456 g/mol. The molecule has 0 bridgehead atoms. The predicted octanol–water partition coefficient (Wildman–Crippen LogP) is 2.40. The number of nitrogens with one attached hydrogen (secondary N) is 2. The molecular formula is C18H25IN4O2. The van der Waals surface area contributed by atoms with E-state index in [1.165, 1.54) is 37.0 Å². The Morgan fingerprint density at radius 1 is 1.12 bits per heavy atom. The largest absolute Gasteiger partial charge is 0.355 e. The number of guanidine groups is 1. The van der Waals surface area contributed by atoms with E-state index >= 15 is 0 Å². The van der Waals surface area contributed by atoms with E-state index < -0.39 is 0 Å². The monoisotopic (exact) mass is 456 g/mol. The van der Waals surface area contributed by atoms with Crippen molar-refractivity contribution in [3.05, 3.63) is 35.4 Å². The van der Waals surface area contributed by atoms with Crippen LogP contribution < -0.4 is 10.6 Å². The van der Waals surface area contributed by atoms with E-state index in [4.69, 9.17) is 0 Å². The van der Waals surface area contributed by atoms with Gasteiger partial charge < -0.3 is 10.6 Å². The molecule has 0 saturated heterocycles. The highest BCUT2D eigenvalue weighted by atomic mass is 127. The number of rotatable bonds is 4. The Hall–Kier alpha value is -1.64. The molecule has 0 aromatic heterocycles. The van der Waals surface area contributed by atoms with Gasteiger partial charge in [0.2, 0.25) is 0 Å². The number of nitrogens with zero attached hydrogens (tertiary/aromatic N) is 2. The lowest BCUT2D eigenvalue weighted by Crippen LogP contribution is -2.46. The molecule has 2 amide bonds. The van der Waals surface area contributed by atoms with E-state index in [1.54, 1.807) is 31.3 Å². The molecule has 0 spiro atoms. The van der Waals surface area contributed by atoms with E-state index in [0.29, 0.717) is 30.3 Å². The quantitative estimate of drug-likeness (QED) is 0.316. The summed E-state index contributed by atoms with van der Waals surface area (Å²) in [6.45, 7) is 0.815.